The van der Waals surface area contributed by atoms with Crippen LogP contribution >= 0.6 is 0 Å². The highest BCUT2D eigenvalue weighted by Gasteiger charge is 2.23. The summed E-state index contributed by atoms with van der Waals surface area (Å²) in [6, 6.07) is 5.46. The summed E-state index contributed by atoms with van der Waals surface area (Å²) in [4.78, 5) is 24.5. The highest BCUT2D eigenvalue weighted by molar-refractivity contribution is 6.02. The van der Waals surface area contributed by atoms with Crippen LogP contribution in [-0.2, 0) is 9.59 Å². The van der Waals surface area contributed by atoms with Crippen molar-refractivity contribution < 1.29 is 19.1 Å². The SMILES string of the molecule is O=C1CN(c2ccc3c(c2)OCCCO3)CC(=O)N1. The Balaban J connectivity index is 1.87. The predicted molar refractivity (Wildman–Crippen MR) is 67.4 cm³/mol. The fourth-order valence-corrected chi connectivity index (χ4v) is 2.17. The lowest BCUT2D eigenvalue weighted by atomic mass is 10.2. The maximum Gasteiger partial charge on any atom is 0.246 e. The summed E-state index contributed by atoms with van der Waals surface area (Å²) < 4.78 is 11.1. The standard InChI is InChI=1S/C13H14N2O4/c16-12-7-15(8-13(17)14-12)9-2-3-10-11(6-9)19-5-1-4-18-10/h2-3,6H,1,4-5,7-8H2,(H,14,16,17). The second kappa shape index (κ2) is 4.79. The number of hydrogen-bond donors (Lipinski definition) is 1. The second-order valence-corrected chi connectivity index (χ2v) is 4.51. The highest BCUT2D eigenvalue weighted by Crippen LogP contribution is 2.33. The molecule has 2 aliphatic heterocycles. The van der Waals surface area contributed by atoms with Crippen LogP contribution in [0.4, 0.5) is 5.69 Å². The van der Waals surface area contributed by atoms with Gasteiger partial charge in [-0.15, -0.1) is 0 Å². The first-order valence-corrected chi connectivity index (χ1v) is 6.20. The normalized spacial score (nSPS) is 18.8. The molecule has 0 unspecified atom stereocenters. The molecule has 1 aromatic rings. The van der Waals surface area contributed by atoms with Crippen molar-refractivity contribution >= 4 is 17.5 Å². The van der Waals surface area contributed by atoms with Crippen LogP contribution in [-0.4, -0.2) is 38.1 Å². The van der Waals surface area contributed by atoms with Crippen molar-refractivity contribution in [3.05, 3.63) is 18.2 Å². The molecule has 0 atom stereocenters. The minimum Gasteiger partial charge on any atom is -0.490 e. The molecule has 6 nitrogen and oxygen atoms in total. The van der Waals surface area contributed by atoms with Crippen LogP contribution in [0.1, 0.15) is 6.42 Å². The van der Waals surface area contributed by atoms with Gasteiger partial charge in [0.25, 0.3) is 0 Å². The van der Waals surface area contributed by atoms with Gasteiger partial charge in [0.2, 0.25) is 11.8 Å². The molecule has 1 aromatic carbocycles. The van der Waals surface area contributed by atoms with Gasteiger partial charge in [0.1, 0.15) is 0 Å². The number of carbonyl (C=O) groups is 2. The third-order valence-electron chi connectivity index (χ3n) is 3.04. The maximum atomic E-state index is 11.4. The number of piperazine rings is 1. The van der Waals surface area contributed by atoms with E-state index in [0.29, 0.717) is 24.7 Å². The largest absolute Gasteiger partial charge is 0.490 e. The van der Waals surface area contributed by atoms with Crippen LogP contribution in [0.5, 0.6) is 11.5 Å². The minimum absolute atomic E-state index is 0.172. The summed E-state index contributed by atoms with van der Waals surface area (Å²) in [5.41, 5.74) is 0.785. The fraction of sp³-hybridized carbons (Fsp3) is 0.385. The molecule has 0 radical (unpaired) electrons. The Morgan fingerprint density at radius 2 is 1.68 bits per heavy atom. The second-order valence-electron chi connectivity index (χ2n) is 4.51. The summed E-state index contributed by atoms with van der Waals surface area (Å²) >= 11 is 0. The average Bonchev–Trinajstić information content (AvgIpc) is 2.61. The lowest BCUT2D eigenvalue weighted by molar-refractivity contribution is -0.130. The molecular weight excluding hydrogens is 248 g/mol. The molecule has 1 fully saturated rings. The Morgan fingerprint density at radius 1 is 1.00 bits per heavy atom. The number of benzene rings is 1. The third-order valence-corrected chi connectivity index (χ3v) is 3.04. The molecule has 0 saturated carbocycles. The van der Waals surface area contributed by atoms with E-state index < -0.39 is 0 Å². The first-order chi connectivity index (χ1) is 9.22. The van der Waals surface area contributed by atoms with E-state index >= 15 is 0 Å². The van der Waals surface area contributed by atoms with Crippen molar-refractivity contribution in [1.82, 2.24) is 5.32 Å². The Bertz CT molecular complexity index is 513. The Labute approximate surface area is 110 Å². The summed E-state index contributed by atoms with van der Waals surface area (Å²) in [5.74, 6) is 0.786. The fourth-order valence-electron chi connectivity index (χ4n) is 2.17. The zero-order valence-corrected chi connectivity index (χ0v) is 10.3. The highest BCUT2D eigenvalue weighted by atomic mass is 16.5. The summed E-state index contributed by atoms with van der Waals surface area (Å²) in [6.45, 7) is 1.59. The molecule has 1 N–H and O–H groups in total. The van der Waals surface area contributed by atoms with Gasteiger partial charge in [-0.25, -0.2) is 0 Å². The van der Waals surface area contributed by atoms with Crippen LogP contribution < -0.4 is 19.7 Å². The van der Waals surface area contributed by atoms with Crippen LogP contribution in [0.3, 0.4) is 0 Å². The van der Waals surface area contributed by atoms with E-state index in [-0.39, 0.29) is 24.9 Å². The number of amides is 2. The van der Waals surface area contributed by atoms with E-state index in [4.69, 9.17) is 9.47 Å². The molecule has 0 spiro atoms. The van der Waals surface area contributed by atoms with E-state index in [1.165, 1.54) is 0 Å². The number of nitrogens with one attached hydrogen (secondary N) is 1. The smallest absolute Gasteiger partial charge is 0.246 e. The van der Waals surface area contributed by atoms with Crippen molar-refractivity contribution in [2.45, 2.75) is 6.42 Å². The van der Waals surface area contributed by atoms with Crippen molar-refractivity contribution in [2.24, 2.45) is 0 Å². The van der Waals surface area contributed by atoms with Gasteiger partial charge in [-0.05, 0) is 12.1 Å². The lowest BCUT2D eigenvalue weighted by Gasteiger charge is -2.27. The van der Waals surface area contributed by atoms with Crippen LogP contribution in [0.2, 0.25) is 0 Å². The first kappa shape index (κ1) is 11.8. The molecule has 0 aliphatic carbocycles. The quantitative estimate of drug-likeness (QED) is 0.738. The van der Waals surface area contributed by atoms with Crippen molar-refractivity contribution in [3.63, 3.8) is 0 Å². The summed E-state index contributed by atoms with van der Waals surface area (Å²) in [7, 11) is 0. The number of carbonyl (C=O) groups excluding carboxylic acids is 2. The monoisotopic (exact) mass is 262 g/mol. The van der Waals surface area contributed by atoms with Gasteiger partial charge in [-0.1, -0.05) is 0 Å². The van der Waals surface area contributed by atoms with E-state index in [9.17, 15) is 9.59 Å². The van der Waals surface area contributed by atoms with Crippen molar-refractivity contribution in [1.29, 1.82) is 0 Å². The van der Waals surface area contributed by atoms with Crippen LogP contribution in [0, 0.1) is 0 Å². The molecule has 2 amide bonds. The lowest BCUT2D eigenvalue weighted by Crippen LogP contribution is -2.51. The molecule has 6 heteroatoms. The Kier molecular flexibility index (Phi) is 2.98. The number of nitrogens with zero attached hydrogens (tertiary/aromatic N) is 1. The predicted octanol–water partition coefficient (Wildman–Crippen LogP) is 0.311. The molecule has 0 bridgehead atoms. The van der Waals surface area contributed by atoms with Crippen molar-refractivity contribution in [2.75, 3.05) is 31.2 Å². The molecular formula is C13H14N2O4. The molecule has 2 heterocycles. The van der Waals surface area contributed by atoms with E-state index in [1.54, 1.807) is 4.90 Å². The minimum atomic E-state index is -0.289. The number of anilines is 1. The van der Waals surface area contributed by atoms with Gasteiger partial charge in [0.15, 0.2) is 11.5 Å². The Hall–Kier alpha value is -2.24. The summed E-state index contributed by atoms with van der Waals surface area (Å²) in [5, 5.41) is 2.28. The zero-order valence-electron chi connectivity index (χ0n) is 10.3. The van der Waals surface area contributed by atoms with Gasteiger partial charge in [-0.2, -0.15) is 0 Å². The first-order valence-electron chi connectivity index (χ1n) is 6.20. The van der Waals surface area contributed by atoms with Crippen molar-refractivity contribution in [3.8, 4) is 11.5 Å². The van der Waals surface area contributed by atoms with E-state index in [0.717, 1.165) is 12.1 Å². The number of ether oxygens (including phenoxy) is 2. The van der Waals surface area contributed by atoms with Gasteiger partial charge in [0.05, 0.1) is 26.3 Å². The third kappa shape index (κ3) is 2.47. The van der Waals surface area contributed by atoms with Crippen LogP contribution in [0.25, 0.3) is 0 Å². The average molecular weight is 262 g/mol. The van der Waals surface area contributed by atoms with Gasteiger partial charge in [-0.3, -0.25) is 14.9 Å². The van der Waals surface area contributed by atoms with Gasteiger partial charge >= 0.3 is 0 Å². The molecule has 19 heavy (non-hydrogen) atoms. The topological polar surface area (TPSA) is 67.9 Å². The molecule has 0 aromatic heterocycles. The molecule has 3 rings (SSSR count). The van der Waals surface area contributed by atoms with E-state index in [1.807, 2.05) is 18.2 Å². The number of rotatable bonds is 1. The summed E-state index contributed by atoms with van der Waals surface area (Å²) in [6.07, 6.45) is 0.842. The number of fused-ring (bicyclic) bond motifs is 1. The molecule has 2 aliphatic rings. The zero-order chi connectivity index (χ0) is 13.2. The van der Waals surface area contributed by atoms with E-state index in [2.05, 4.69) is 5.32 Å². The van der Waals surface area contributed by atoms with Gasteiger partial charge < -0.3 is 14.4 Å². The molecule has 1 saturated heterocycles. The molecule has 100 valence electrons. The Morgan fingerprint density at radius 3 is 2.42 bits per heavy atom. The number of hydrogen-bond acceptors (Lipinski definition) is 5. The maximum absolute atomic E-state index is 11.4. The van der Waals surface area contributed by atoms with Gasteiger partial charge in [0, 0.05) is 18.2 Å². The van der Waals surface area contributed by atoms with Crippen LogP contribution in [0.15, 0.2) is 18.2 Å². The number of imide groups is 1.